The zero-order valence-corrected chi connectivity index (χ0v) is 12.3. The molecule has 0 saturated heterocycles. The van der Waals surface area contributed by atoms with Gasteiger partial charge in [-0.25, -0.2) is 5.43 Å². The number of hydrogen-bond donors (Lipinski definition) is 1. The van der Waals surface area contributed by atoms with E-state index in [9.17, 15) is 4.79 Å². The highest BCUT2D eigenvalue weighted by Gasteiger charge is 2.06. The number of hydrazone groups is 1. The monoisotopic (exact) mass is 296 g/mol. The van der Waals surface area contributed by atoms with E-state index in [-0.39, 0.29) is 12.5 Å². The van der Waals surface area contributed by atoms with Crippen LogP contribution in [-0.4, -0.2) is 19.2 Å². The van der Waals surface area contributed by atoms with Crippen LogP contribution in [0, 0.1) is 0 Å². The van der Waals surface area contributed by atoms with Crippen LogP contribution in [0.3, 0.4) is 0 Å². The minimum atomic E-state index is -0.182. The van der Waals surface area contributed by atoms with Crippen LogP contribution in [0.25, 0.3) is 6.08 Å². The van der Waals surface area contributed by atoms with Crippen molar-refractivity contribution in [1.29, 1.82) is 0 Å². The molecule has 0 unspecified atom stereocenters. The van der Waals surface area contributed by atoms with Gasteiger partial charge in [0.15, 0.2) is 12.4 Å². The summed E-state index contributed by atoms with van der Waals surface area (Å²) in [7, 11) is 1.63. The van der Waals surface area contributed by atoms with E-state index in [1.54, 1.807) is 17.8 Å². The topological polar surface area (TPSA) is 54.6 Å². The van der Waals surface area contributed by atoms with Crippen LogP contribution in [0.1, 0.15) is 5.56 Å². The summed E-state index contributed by atoms with van der Waals surface area (Å²) in [6, 6.07) is 13.3. The highest BCUT2D eigenvalue weighted by atomic mass is 16.5. The lowest BCUT2D eigenvalue weighted by atomic mass is 10.2. The van der Waals surface area contributed by atoms with Crippen LogP contribution in [0.15, 0.2) is 66.0 Å². The molecule has 0 radical (unpaired) electrons. The smallest absolute Gasteiger partial charge is 0.305 e. The Hall–Kier alpha value is -2.95. The Morgan fingerprint density at radius 2 is 2.00 bits per heavy atom. The van der Waals surface area contributed by atoms with Crippen LogP contribution < -0.4 is 14.7 Å². The number of aromatic nitrogens is 1. The lowest BCUT2D eigenvalue weighted by Crippen LogP contribution is -2.40. The number of carbonyl (C=O) groups excluding carboxylic acids is 1. The van der Waals surface area contributed by atoms with E-state index in [2.05, 4.69) is 10.5 Å². The van der Waals surface area contributed by atoms with Crippen LogP contribution in [-0.2, 0) is 11.3 Å². The Labute approximate surface area is 129 Å². The molecule has 1 amide bonds. The zero-order chi connectivity index (χ0) is 15.6. The molecule has 1 N–H and O–H groups in total. The Kier molecular flexibility index (Phi) is 5.87. The highest BCUT2D eigenvalue weighted by Crippen LogP contribution is 2.18. The summed E-state index contributed by atoms with van der Waals surface area (Å²) in [4.78, 5) is 11.7. The summed E-state index contributed by atoms with van der Waals surface area (Å²) in [5.41, 5.74) is 3.42. The normalized spacial score (nSPS) is 11.0. The molecule has 2 rings (SSSR count). The van der Waals surface area contributed by atoms with Crippen molar-refractivity contribution < 1.29 is 14.1 Å². The first-order valence-corrected chi connectivity index (χ1v) is 6.85. The molecule has 2 aromatic rings. The molecule has 0 saturated carbocycles. The number of nitrogens with zero attached hydrogens (tertiary/aromatic N) is 2. The largest absolute Gasteiger partial charge is 0.496 e. The number of para-hydroxylation sites is 1. The molecule has 5 nitrogen and oxygen atoms in total. The Bertz CT molecular complexity index is 667. The van der Waals surface area contributed by atoms with E-state index in [1.807, 2.05) is 60.9 Å². The molecule has 0 fully saturated rings. The molecular formula is C17H18N3O2+. The molecule has 0 aliphatic heterocycles. The van der Waals surface area contributed by atoms with Gasteiger partial charge in [0.2, 0.25) is 6.54 Å². The van der Waals surface area contributed by atoms with Crippen molar-refractivity contribution in [3.63, 3.8) is 0 Å². The summed E-state index contributed by atoms with van der Waals surface area (Å²) in [6.45, 7) is 0.231. The molecule has 22 heavy (non-hydrogen) atoms. The van der Waals surface area contributed by atoms with Crippen LogP contribution >= 0.6 is 0 Å². The van der Waals surface area contributed by atoms with E-state index in [0.29, 0.717) is 0 Å². The summed E-state index contributed by atoms with van der Waals surface area (Å²) >= 11 is 0. The second-order valence-corrected chi connectivity index (χ2v) is 4.46. The average Bonchev–Trinajstić information content (AvgIpc) is 2.56. The fourth-order valence-electron chi connectivity index (χ4n) is 1.84. The Balaban J connectivity index is 1.83. The van der Waals surface area contributed by atoms with Crippen molar-refractivity contribution in [2.45, 2.75) is 6.54 Å². The highest BCUT2D eigenvalue weighted by molar-refractivity contribution is 5.81. The number of nitrogens with one attached hydrogen (secondary N) is 1. The zero-order valence-electron chi connectivity index (χ0n) is 12.3. The SMILES string of the molecule is COc1ccccc1C=CC=NNC(=O)C[n+]1ccccc1. The number of pyridine rings is 1. The summed E-state index contributed by atoms with van der Waals surface area (Å²) in [6.07, 6.45) is 8.78. The van der Waals surface area contributed by atoms with Crippen molar-refractivity contribution in [1.82, 2.24) is 5.43 Å². The second-order valence-electron chi connectivity index (χ2n) is 4.46. The fraction of sp³-hybridized carbons (Fsp3) is 0.118. The number of benzene rings is 1. The van der Waals surface area contributed by atoms with E-state index in [0.717, 1.165) is 11.3 Å². The number of methoxy groups -OCH3 is 1. The van der Waals surface area contributed by atoms with Crippen LogP contribution in [0.5, 0.6) is 5.75 Å². The van der Waals surface area contributed by atoms with Gasteiger partial charge in [-0.15, -0.1) is 0 Å². The van der Waals surface area contributed by atoms with Crippen molar-refractivity contribution in [3.05, 3.63) is 66.5 Å². The standard InChI is InChI=1S/C17H17N3O2/c1-22-16-10-4-3-8-15(16)9-7-11-18-19-17(21)14-20-12-5-2-6-13-20/h2-13H,14H2,1H3/p+1. The van der Waals surface area contributed by atoms with Gasteiger partial charge in [0, 0.05) is 23.9 Å². The maximum Gasteiger partial charge on any atom is 0.305 e. The number of hydrogen-bond acceptors (Lipinski definition) is 3. The average molecular weight is 296 g/mol. The first kappa shape index (κ1) is 15.4. The van der Waals surface area contributed by atoms with Crippen molar-refractivity contribution >= 4 is 18.2 Å². The van der Waals surface area contributed by atoms with E-state index in [4.69, 9.17) is 4.74 Å². The van der Waals surface area contributed by atoms with Gasteiger partial charge in [-0.3, -0.25) is 4.79 Å². The summed E-state index contributed by atoms with van der Waals surface area (Å²) in [5.74, 6) is 0.606. The van der Waals surface area contributed by atoms with Gasteiger partial charge in [-0.1, -0.05) is 24.3 Å². The second kappa shape index (κ2) is 8.36. The van der Waals surface area contributed by atoms with E-state index < -0.39 is 0 Å². The minimum absolute atomic E-state index is 0.182. The minimum Gasteiger partial charge on any atom is -0.496 e. The van der Waals surface area contributed by atoms with Crippen molar-refractivity contribution in [2.75, 3.05) is 7.11 Å². The third-order valence-electron chi connectivity index (χ3n) is 2.87. The number of amides is 1. The number of carbonyl (C=O) groups is 1. The predicted octanol–water partition coefficient (Wildman–Crippen LogP) is 1.80. The molecule has 0 aliphatic rings. The van der Waals surface area contributed by atoms with Crippen LogP contribution in [0.2, 0.25) is 0 Å². The van der Waals surface area contributed by atoms with E-state index in [1.165, 1.54) is 6.21 Å². The number of ether oxygens (including phenoxy) is 1. The predicted molar refractivity (Wildman–Crippen MR) is 85.3 cm³/mol. The lowest BCUT2D eigenvalue weighted by Gasteiger charge is -2.02. The van der Waals surface area contributed by atoms with Gasteiger partial charge in [-0.2, -0.15) is 9.67 Å². The molecule has 5 heteroatoms. The molecule has 112 valence electrons. The van der Waals surface area contributed by atoms with Gasteiger partial charge in [0.25, 0.3) is 0 Å². The molecule has 1 heterocycles. The molecule has 1 aromatic heterocycles. The van der Waals surface area contributed by atoms with Crippen LogP contribution in [0.4, 0.5) is 0 Å². The third kappa shape index (κ3) is 4.86. The third-order valence-corrected chi connectivity index (χ3v) is 2.87. The van der Waals surface area contributed by atoms with Crippen molar-refractivity contribution in [2.24, 2.45) is 5.10 Å². The quantitative estimate of drug-likeness (QED) is 0.502. The first-order valence-electron chi connectivity index (χ1n) is 6.85. The maximum atomic E-state index is 11.7. The van der Waals surface area contributed by atoms with Gasteiger partial charge in [-0.05, 0) is 18.2 Å². The molecule has 1 aromatic carbocycles. The van der Waals surface area contributed by atoms with Gasteiger partial charge in [0.05, 0.1) is 7.11 Å². The summed E-state index contributed by atoms with van der Waals surface area (Å²) in [5, 5.41) is 3.87. The molecule has 0 bridgehead atoms. The lowest BCUT2D eigenvalue weighted by molar-refractivity contribution is -0.684. The molecular weight excluding hydrogens is 278 g/mol. The Morgan fingerprint density at radius 1 is 1.23 bits per heavy atom. The summed E-state index contributed by atoms with van der Waals surface area (Å²) < 4.78 is 7.01. The van der Waals surface area contributed by atoms with E-state index >= 15 is 0 Å². The van der Waals surface area contributed by atoms with Gasteiger partial charge >= 0.3 is 5.91 Å². The van der Waals surface area contributed by atoms with Crippen molar-refractivity contribution in [3.8, 4) is 5.75 Å². The Morgan fingerprint density at radius 3 is 2.77 bits per heavy atom. The molecule has 0 aliphatic carbocycles. The number of rotatable bonds is 6. The van der Waals surface area contributed by atoms with Gasteiger partial charge in [0.1, 0.15) is 5.75 Å². The van der Waals surface area contributed by atoms with Gasteiger partial charge < -0.3 is 4.74 Å². The fourth-order valence-corrected chi connectivity index (χ4v) is 1.84. The first-order chi connectivity index (χ1) is 10.8. The number of allylic oxidation sites excluding steroid dienone is 1. The molecule has 0 atom stereocenters. The maximum absolute atomic E-state index is 11.7. The molecule has 0 spiro atoms.